The molecule has 0 atom stereocenters. The molecule has 2 aromatic rings. The molecule has 0 radical (unpaired) electrons. The second-order valence-corrected chi connectivity index (χ2v) is 4.96. The maximum Gasteiger partial charge on any atom is 0.152 e. The molecule has 0 spiro atoms. The SMILES string of the molecule is CN(CCc1cccs1)c1ccccc1C=O. The van der Waals surface area contributed by atoms with Gasteiger partial charge in [-0.25, -0.2) is 0 Å². The molecular formula is C14H15NOS. The van der Waals surface area contributed by atoms with E-state index in [2.05, 4.69) is 22.4 Å². The number of hydrogen-bond acceptors (Lipinski definition) is 3. The van der Waals surface area contributed by atoms with E-state index in [4.69, 9.17) is 0 Å². The van der Waals surface area contributed by atoms with Gasteiger partial charge < -0.3 is 4.90 Å². The third-order valence-electron chi connectivity index (χ3n) is 2.75. The smallest absolute Gasteiger partial charge is 0.152 e. The third kappa shape index (κ3) is 2.94. The van der Waals surface area contributed by atoms with Crippen LogP contribution in [0.5, 0.6) is 0 Å². The third-order valence-corrected chi connectivity index (χ3v) is 3.68. The van der Waals surface area contributed by atoms with Crippen molar-refractivity contribution in [2.75, 3.05) is 18.5 Å². The lowest BCUT2D eigenvalue weighted by Crippen LogP contribution is -2.21. The molecule has 0 aliphatic rings. The Morgan fingerprint density at radius 2 is 2.06 bits per heavy atom. The summed E-state index contributed by atoms with van der Waals surface area (Å²) in [5.74, 6) is 0. The number of benzene rings is 1. The zero-order chi connectivity index (χ0) is 12.1. The summed E-state index contributed by atoms with van der Waals surface area (Å²) in [7, 11) is 2.02. The highest BCUT2D eigenvalue weighted by molar-refractivity contribution is 7.09. The molecule has 0 aliphatic carbocycles. The monoisotopic (exact) mass is 245 g/mol. The molecule has 0 saturated carbocycles. The van der Waals surface area contributed by atoms with Crippen molar-refractivity contribution >= 4 is 23.3 Å². The van der Waals surface area contributed by atoms with E-state index in [-0.39, 0.29) is 0 Å². The number of aldehydes is 1. The van der Waals surface area contributed by atoms with Gasteiger partial charge in [-0.1, -0.05) is 18.2 Å². The Balaban J connectivity index is 2.04. The normalized spacial score (nSPS) is 10.2. The predicted molar refractivity (Wildman–Crippen MR) is 73.1 cm³/mol. The molecule has 2 rings (SSSR count). The number of hydrogen-bond donors (Lipinski definition) is 0. The number of rotatable bonds is 5. The number of para-hydroxylation sites is 1. The Hall–Kier alpha value is -1.61. The summed E-state index contributed by atoms with van der Waals surface area (Å²) in [6.07, 6.45) is 1.93. The van der Waals surface area contributed by atoms with E-state index in [0.717, 1.165) is 30.5 Å². The second kappa shape index (κ2) is 5.64. The quantitative estimate of drug-likeness (QED) is 0.754. The van der Waals surface area contributed by atoms with Crippen LogP contribution in [0.4, 0.5) is 5.69 Å². The van der Waals surface area contributed by atoms with Crippen LogP contribution < -0.4 is 4.90 Å². The first-order chi connectivity index (χ1) is 8.31. The van der Waals surface area contributed by atoms with Gasteiger partial charge in [0, 0.05) is 29.7 Å². The molecule has 0 aliphatic heterocycles. The summed E-state index contributed by atoms with van der Waals surface area (Å²) in [6, 6.07) is 11.9. The first-order valence-electron chi connectivity index (χ1n) is 5.59. The Bertz CT molecular complexity index is 479. The topological polar surface area (TPSA) is 20.3 Å². The Labute approximate surface area is 106 Å². The van der Waals surface area contributed by atoms with Gasteiger partial charge >= 0.3 is 0 Å². The highest BCUT2D eigenvalue weighted by atomic mass is 32.1. The summed E-state index contributed by atoms with van der Waals surface area (Å²) in [4.78, 5) is 14.4. The maximum atomic E-state index is 10.9. The fourth-order valence-corrected chi connectivity index (χ4v) is 2.49. The molecule has 0 fully saturated rings. The van der Waals surface area contributed by atoms with E-state index in [1.807, 2.05) is 31.3 Å². The molecule has 1 aromatic heterocycles. The number of thiophene rings is 1. The van der Waals surface area contributed by atoms with Crippen molar-refractivity contribution in [2.24, 2.45) is 0 Å². The van der Waals surface area contributed by atoms with Gasteiger partial charge in [0.15, 0.2) is 6.29 Å². The van der Waals surface area contributed by atoms with E-state index >= 15 is 0 Å². The van der Waals surface area contributed by atoms with Gasteiger partial charge in [0.2, 0.25) is 0 Å². The van der Waals surface area contributed by atoms with Crippen molar-refractivity contribution in [1.29, 1.82) is 0 Å². The van der Waals surface area contributed by atoms with Gasteiger partial charge in [-0.2, -0.15) is 0 Å². The molecule has 88 valence electrons. The van der Waals surface area contributed by atoms with E-state index in [1.165, 1.54) is 4.88 Å². The number of carbonyl (C=O) groups is 1. The standard InChI is InChI=1S/C14H15NOS/c1-15(9-8-13-6-4-10-17-13)14-7-3-2-5-12(14)11-16/h2-7,10-11H,8-9H2,1H3. The first-order valence-corrected chi connectivity index (χ1v) is 6.47. The summed E-state index contributed by atoms with van der Waals surface area (Å²) < 4.78 is 0. The fourth-order valence-electron chi connectivity index (χ4n) is 1.79. The van der Waals surface area contributed by atoms with Gasteiger partial charge in [0.1, 0.15) is 0 Å². The lowest BCUT2D eigenvalue weighted by Gasteiger charge is -2.20. The van der Waals surface area contributed by atoms with Crippen molar-refractivity contribution < 1.29 is 4.79 Å². The molecule has 0 unspecified atom stereocenters. The molecular weight excluding hydrogens is 230 g/mol. The van der Waals surface area contributed by atoms with Crippen LogP contribution in [0, 0.1) is 0 Å². The first kappa shape index (κ1) is 11.9. The minimum Gasteiger partial charge on any atom is -0.374 e. The van der Waals surface area contributed by atoms with Gasteiger partial charge in [0.05, 0.1) is 0 Å². The van der Waals surface area contributed by atoms with Crippen molar-refractivity contribution in [2.45, 2.75) is 6.42 Å². The zero-order valence-corrected chi connectivity index (χ0v) is 10.6. The van der Waals surface area contributed by atoms with Crippen LogP contribution in [-0.4, -0.2) is 19.9 Å². The minimum absolute atomic E-state index is 0.751. The number of likely N-dealkylation sites (N-methyl/N-ethyl adjacent to an activating group) is 1. The minimum atomic E-state index is 0.751. The second-order valence-electron chi connectivity index (χ2n) is 3.93. The van der Waals surface area contributed by atoms with Gasteiger partial charge in [-0.05, 0) is 30.0 Å². The molecule has 3 heteroatoms. The number of carbonyl (C=O) groups excluding carboxylic acids is 1. The van der Waals surface area contributed by atoms with E-state index in [0.29, 0.717) is 0 Å². The van der Waals surface area contributed by atoms with Crippen LogP contribution in [0.25, 0.3) is 0 Å². The molecule has 17 heavy (non-hydrogen) atoms. The van der Waals surface area contributed by atoms with Crippen LogP contribution in [-0.2, 0) is 6.42 Å². The summed E-state index contributed by atoms with van der Waals surface area (Å²) in [5.41, 5.74) is 1.75. The lowest BCUT2D eigenvalue weighted by atomic mass is 10.2. The van der Waals surface area contributed by atoms with E-state index < -0.39 is 0 Å². The zero-order valence-electron chi connectivity index (χ0n) is 9.80. The fraction of sp³-hybridized carbons (Fsp3) is 0.214. The highest BCUT2D eigenvalue weighted by Gasteiger charge is 2.06. The van der Waals surface area contributed by atoms with Crippen molar-refractivity contribution in [3.05, 3.63) is 52.2 Å². The number of anilines is 1. The van der Waals surface area contributed by atoms with E-state index in [9.17, 15) is 4.79 Å². The van der Waals surface area contributed by atoms with Gasteiger partial charge in [-0.15, -0.1) is 11.3 Å². The lowest BCUT2D eigenvalue weighted by molar-refractivity contribution is 0.112. The molecule has 2 nitrogen and oxygen atoms in total. The molecule has 0 amide bonds. The average Bonchev–Trinajstić information content (AvgIpc) is 2.89. The van der Waals surface area contributed by atoms with Crippen LogP contribution >= 0.6 is 11.3 Å². The van der Waals surface area contributed by atoms with E-state index in [1.54, 1.807) is 11.3 Å². The van der Waals surface area contributed by atoms with Crippen molar-refractivity contribution in [1.82, 2.24) is 0 Å². The predicted octanol–water partition coefficient (Wildman–Crippen LogP) is 3.24. The molecule has 0 bridgehead atoms. The Morgan fingerprint density at radius 3 is 2.76 bits per heavy atom. The largest absolute Gasteiger partial charge is 0.374 e. The molecule has 1 heterocycles. The maximum absolute atomic E-state index is 10.9. The Morgan fingerprint density at radius 1 is 1.24 bits per heavy atom. The van der Waals surface area contributed by atoms with Crippen LogP contribution in [0.3, 0.4) is 0 Å². The number of nitrogens with zero attached hydrogens (tertiary/aromatic N) is 1. The van der Waals surface area contributed by atoms with Crippen LogP contribution in [0.15, 0.2) is 41.8 Å². The van der Waals surface area contributed by atoms with Gasteiger partial charge in [-0.3, -0.25) is 4.79 Å². The summed E-state index contributed by atoms with van der Waals surface area (Å²) in [6.45, 7) is 0.922. The van der Waals surface area contributed by atoms with Crippen LogP contribution in [0.2, 0.25) is 0 Å². The van der Waals surface area contributed by atoms with Gasteiger partial charge in [0.25, 0.3) is 0 Å². The molecule has 1 aromatic carbocycles. The van der Waals surface area contributed by atoms with Crippen LogP contribution in [0.1, 0.15) is 15.2 Å². The summed E-state index contributed by atoms with van der Waals surface area (Å²) >= 11 is 1.77. The average molecular weight is 245 g/mol. The Kier molecular flexibility index (Phi) is 3.94. The van der Waals surface area contributed by atoms with Crippen molar-refractivity contribution in [3.8, 4) is 0 Å². The molecule has 0 saturated heterocycles. The van der Waals surface area contributed by atoms with Crippen molar-refractivity contribution in [3.63, 3.8) is 0 Å². The summed E-state index contributed by atoms with van der Waals surface area (Å²) in [5, 5.41) is 2.09. The highest BCUT2D eigenvalue weighted by Crippen LogP contribution is 2.18. The molecule has 0 N–H and O–H groups in total.